The molecule has 0 radical (unpaired) electrons. The molecule has 0 saturated carbocycles. The molecule has 0 aliphatic carbocycles. The van der Waals surface area contributed by atoms with Crippen LogP contribution in [0.5, 0.6) is 5.75 Å². The molecule has 0 atom stereocenters. The van der Waals surface area contributed by atoms with Crippen molar-refractivity contribution in [2.24, 2.45) is 5.18 Å². The maximum Gasteiger partial charge on any atom is 0.320 e. The van der Waals surface area contributed by atoms with Crippen LogP contribution < -0.4 is 0 Å². The van der Waals surface area contributed by atoms with Crippen LogP contribution in [0.1, 0.15) is 10.4 Å². The molecule has 0 spiro atoms. The maximum atomic E-state index is 12.4. The topological polar surface area (TPSA) is 66.7 Å². The Morgan fingerprint density at radius 3 is 2.75 bits per heavy atom. The van der Waals surface area contributed by atoms with Crippen molar-refractivity contribution >= 4 is 5.91 Å². The fraction of sp³-hybridized carbons (Fsp3) is 0. The number of halogens is 1. The molecule has 1 rings (SSSR count). The Bertz CT molecular complexity index is 337. The molecule has 1 amide bonds. The van der Waals surface area contributed by atoms with Gasteiger partial charge in [-0.2, -0.15) is 0 Å². The van der Waals surface area contributed by atoms with Crippen LogP contribution in [0.15, 0.2) is 23.4 Å². The lowest BCUT2D eigenvalue weighted by Crippen LogP contribution is -1.94. The molecule has 1 aromatic carbocycles. The van der Waals surface area contributed by atoms with E-state index < -0.39 is 23.0 Å². The molecule has 4 nitrogen and oxygen atoms in total. The van der Waals surface area contributed by atoms with Gasteiger partial charge in [0.2, 0.25) is 0 Å². The SMILES string of the molecule is O=NC(=O)c1cc(F)ccc1O. The number of carbonyl (C=O) groups excluding carboxylic acids is 1. The summed E-state index contributed by atoms with van der Waals surface area (Å²) in [6, 6.07) is 2.70. The predicted octanol–water partition coefficient (Wildman–Crippen LogP) is 1.44. The fourth-order valence-electron chi connectivity index (χ4n) is 0.729. The molecular formula is C7H4FNO3. The molecule has 0 aliphatic rings. The number of hydrogen-bond acceptors (Lipinski definition) is 3. The number of hydrogen-bond donors (Lipinski definition) is 1. The number of benzene rings is 1. The van der Waals surface area contributed by atoms with Crippen LogP contribution in [0, 0.1) is 10.7 Å². The summed E-state index contributed by atoms with van der Waals surface area (Å²) in [6.45, 7) is 0. The van der Waals surface area contributed by atoms with E-state index in [0.717, 1.165) is 18.2 Å². The molecule has 0 saturated heterocycles. The van der Waals surface area contributed by atoms with Gasteiger partial charge in [0.05, 0.1) is 5.56 Å². The monoisotopic (exact) mass is 169 g/mol. The van der Waals surface area contributed by atoms with Gasteiger partial charge in [-0.15, -0.1) is 4.91 Å². The number of rotatable bonds is 1. The molecular weight excluding hydrogens is 165 g/mol. The summed E-state index contributed by atoms with van der Waals surface area (Å²) in [5.41, 5.74) is -0.426. The number of phenols is 1. The smallest absolute Gasteiger partial charge is 0.320 e. The molecule has 0 aliphatic heterocycles. The van der Waals surface area contributed by atoms with Crippen molar-refractivity contribution in [3.8, 4) is 5.75 Å². The lowest BCUT2D eigenvalue weighted by Gasteiger charge is -1.96. The highest BCUT2D eigenvalue weighted by molar-refractivity contribution is 5.97. The summed E-state index contributed by atoms with van der Waals surface area (Å²) in [6.07, 6.45) is 0. The van der Waals surface area contributed by atoms with E-state index in [2.05, 4.69) is 0 Å². The van der Waals surface area contributed by atoms with Crippen molar-refractivity contribution in [1.29, 1.82) is 0 Å². The van der Waals surface area contributed by atoms with Gasteiger partial charge < -0.3 is 5.11 Å². The summed E-state index contributed by atoms with van der Waals surface area (Å²) < 4.78 is 12.4. The number of phenolic OH excluding ortho intramolecular Hbond substituents is 1. The van der Waals surface area contributed by atoms with Gasteiger partial charge >= 0.3 is 5.91 Å². The molecule has 0 aromatic heterocycles. The normalized spacial score (nSPS) is 9.42. The van der Waals surface area contributed by atoms with E-state index in [4.69, 9.17) is 5.11 Å². The number of amides is 1. The molecule has 0 unspecified atom stereocenters. The summed E-state index contributed by atoms with van der Waals surface area (Å²) in [5, 5.41) is 11.0. The predicted molar refractivity (Wildman–Crippen MR) is 38.2 cm³/mol. The summed E-state index contributed by atoms with van der Waals surface area (Å²) in [7, 11) is 0. The van der Waals surface area contributed by atoms with E-state index in [9.17, 15) is 14.1 Å². The third-order valence-corrected chi connectivity index (χ3v) is 1.27. The van der Waals surface area contributed by atoms with Crippen molar-refractivity contribution in [1.82, 2.24) is 0 Å². The van der Waals surface area contributed by atoms with Crippen LogP contribution in [-0.4, -0.2) is 11.0 Å². The number of carbonyl (C=O) groups is 1. The zero-order chi connectivity index (χ0) is 9.14. The molecule has 12 heavy (non-hydrogen) atoms. The molecule has 0 heterocycles. The quantitative estimate of drug-likeness (QED) is 0.646. The van der Waals surface area contributed by atoms with Crippen LogP contribution in [0.25, 0.3) is 0 Å². The Labute approximate surface area is 66.6 Å². The van der Waals surface area contributed by atoms with Crippen molar-refractivity contribution in [3.63, 3.8) is 0 Å². The minimum atomic E-state index is -1.19. The van der Waals surface area contributed by atoms with Crippen LogP contribution in [0.2, 0.25) is 0 Å². The van der Waals surface area contributed by atoms with Gasteiger partial charge in [-0.05, 0) is 18.2 Å². The highest BCUT2D eigenvalue weighted by atomic mass is 19.1. The van der Waals surface area contributed by atoms with E-state index in [1.165, 1.54) is 0 Å². The Hall–Kier alpha value is -1.78. The Balaban J connectivity index is 3.22. The lowest BCUT2D eigenvalue weighted by molar-refractivity contribution is 0.0998. The molecule has 62 valence electrons. The summed E-state index contributed by atoms with van der Waals surface area (Å²) in [4.78, 5) is 20.3. The van der Waals surface area contributed by atoms with Gasteiger partial charge in [0.25, 0.3) is 0 Å². The second-order valence-electron chi connectivity index (χ2n) is 2.06. The number of aromatic hydroxyl groups is 1. The van der Waals surface area contributed by atoms with E-state index in [0.29, 0.717) is 0 Å². The van der Waals surface area contributed by atoms with Crippen molar-refractivity contribution in [2.75, 3.05) is 0 Å². The molecule has 5 heteroatoms. The fourth-order valence-corrected chi connectivity index (χ4v) is 0.729. The van der Waals surface area contributed by atoms with Gasteiger partial charge in [-0.3, -0.25) is 4.79 Å². The standard InChI is InChI=1S/C7H4FNO3/c8-4-1-2-6(10)5(3-4)7(11)9-12/h1-3,10H. The highest BCUT2D eigenvalue weighted by Crippen LogP contribution is 2.18. The minimum absolute atomic E-state index is 0.426. The first-order valence-corrected chi connectivity index (χ1v) is 3.01. The highest BCUT2D eigenvalue weighted by Gasteiger charge is 2.11. The molecule has 1 aromatic rings. The lowest BCUT2D eigenvalue weighted by atomic mass is 10.2. The first-order chi connectivity index (χ1) is 5.65. The first kappa shape index (κ1) is 8.32. The Morgan fingerprint density at radius 1 is 1.50 bits per heavy atom. The van der Waals surface area contributed by atoms with Crippen LogP contribution in [0.3, 0.4) is 0 Å². The average Bonchev–Trinajstić information content (AvgIpc) is 2.08. The van der Waals surface area contributed by atoms with E-state index in [1.807, 2.05) is 5.18 Å². The Kier molecular flexibility index (Phi) is 2.14. The zero-order valence-corrected chi connectivity index (χ0v) is 5.82. The molecule has 0 bridgehead atoms. The second kappa shape index (κ2) is 3.08. The van der Waals surface area contributed by atoms with Crippen molar-refractivity contribution < 1.29 is 14.3 Å². The van der Waals surface area contributed by atoms with Crippen LogP contribution in [-0.2, 0) is 0 Å². The maximum absolute atomic E-state index is 12.4. The Morgan fingerprint density at radius 2 is 2.17 bits per heavy atom. The molecule has 1 N–H and O–H groups in total. The van der Waals surface area contributed by atoms with E-state index >= 15 is 0 Å². The third kappa shape index (κ3) is 1.45. The summed E-state index contributed by atoms with van der Waals surface area (Å²) in [5.74, 6) is -2.35. The van der Waals surface area contributed by atoms with Gasteiger partial charge in [0, 0.05) is 5.18 Å². The first-order valence-electron chi connectivity index (χ1n) is 3.01. The van der Waals surface area contributed by atoms with Crippen LogP contribution >= 0.6 is 0 Å². The van der Waals surface area contributed by atoms with Gasteiger partial charge in [-0.25, -0.2) is 4.39 Å². The average molecular weight is 169 g/mol. The van der Waals surface area contributed by atoms with Gasteiger partial charge in [-0.1, -0.05) is 0 Å². The van der Waals surface area contributed by atoms with E-state index in [1.54, 1.807) is 0 Å². The summed E-state index contributed by atoms with van der Waals surface area (Å²) >= 11 is 0. The minimum Gasteiger partial charge on any atom is -0.507 e. The molecule has 0 fully saturated rings. The number of nitrogens with zero attached hydrogens (tertiary/aromatic N) is 1. The van der Waals surface area contributed by atoms with E-state index in [-0.39, 0.29) is 0 Å². The number of nitroso groups, excluding NO2 is 1. The largest absolute Gasteiger partial charge is 0.507 e. The van der Waals surface area contributed by atoms with Gasteiger partial charge in [0.1, 0.15) is 11.6 Å². The second-order valence-corrected chi connectivity index (χ2v) is 2.06. The zero-order valence-electron chi connectivity index (χ0n) is 5.82. The van der Waals surface area contributed by atoms with Crippen LogP contribution in [0.4, 0.5) is 4.39 Å². The third-order valence-electron chi connectivity index (χ3n) is 1.27. The van der Waals surface area contributed by atoms with Gasteiger partial charge in [0.15, 0.2) is 0 Å². The van der Waals surface area contributed by atoms with Crippen molar-refractivity contribution in [3.05, 3.63) is 34.5 Å². The van der Waals surface area contributed by atoms with Crippen molar-refractivity contribution in [2.45, 2.75) is 0 Å².